The van der Waals surface area contributed by atoms with E-state index in [2.05, 4.69) is 47.1 Å². The molecule has 0 spiro atoms. The molecule has 4 nitrogen and oxygen atoms in total. The maximum Gasteiger partial charge on any atom is 0.333 e. The van der Waals surface area contributed by atoms with E-state index in [0.29, 0.717) is 23.8 Å². The molecule has 1 aromatic heterocycles. The van der Waals surface area contributed by atoms with Crippen molar-refractivity contribution < 1.29 is 9.53 Å². The Kier molecular flexibility index (Phi) is 3.71. The first-order valence-electron chi connectivity index (χ1n) is 9.79. The molecule has 4 atom stereocenters. The number of allylic oxidation sites excluding steroid dienone is 1. The summed E-state index contributed by atoms with van der Waals surface area (Å²) in [4.78, 5) is 18.7. The van der Waals surface area contributed by atoms with E-state index in [-0.39, 0.29) is 5.97 Å². The van der Waals surface area contributed by atoms with Crippen LogP contribution >= 0.6 is 0 Å². The molecule has 0 radical (unpaired) electrons. The second-order valence-corrected chi connectivity index (χ2v) is 8.19. The number of H-pyrrole nitrogens is 1. The van der Waals surface area contributed by atoms with Crippen molar-refractivity contribution in [2.24, 2.45) is 17.8 Å². The highest BCUT2D eigenvalue weighted by atomic mass is 16.5. The maximum absolute atomic E-state index is 12.4. The van der Waals surface area contributed by atoms with Crippen LogP contribution in [0.2, 0.25) is 0 Å². The zero-order valence-electron chi connectivity index (χ0n) is 15.5. The van der Waals surface area contributed by atoms with Crippen LogP contribution in [0.1, 0.15) is 37.1 Å². The van der Waals surface area contributed by atoms with Crippen molar-refractivity contribution in [3.05, 3.63) is 47.2 Å². The smallest absolute Gasteiger partial charge is 0.333 e. The van der Waals surface area contributed by atoms with Gasteiger partial charge in [0.05, 0.1) is 13.2 Å². The number of esters is 1. The Balaban J connectivity index is 1.55. The number of nitrogens with zero attached hydrogens (tertiary/aromatic N) is 1. The highest BCUT2D eigenvalue weighted by Crippen LogP contribution is 2.49. The van der Waals surface area contributed by atoms with Crippen LogP contribution < -0.4 is 0 Å². The average Bonchev–Trinajstić information content (AvgIpc) is 3.06. The number of ether oxygens (including phenoxy) is 1. The number of rotatable bonds is 1. The molecule has 2 aromatic rings. The number of benzene rings is 1. The number of carbonyl (C=O) groups is 1. The van der Waals surface area contributed by atoms with E-state index in [0.717, 1.165) is 37.9 Å². The van der Waals surface area contributed by atoms with Gasteiger partial charge in [0.25, 0.3) is 0 Å². The van der Waals surface area contributed by atoms with Crippen molar-refractivity contribution in [3.8, 4) is 0 Å². The summed E-state index contributed by atoms with van der Waals surface area (Å²) in [5, 5.41) is 1.37. The number of methoxy groups -OCH3 is 1. The molecule has 4 heteroatoms. The van der Waals surface area contributed by atoms with Crippen molar-refractivity contribution >= 4 is 16.9 Å². The maximum atomic E-state index is 12.4. The fraction of sp³-hybridized carbons (Fsp3) is 0.500. The fourth-order valence-electron chi connectivity index (χ4n) is 5.59. The topological polar surface area (TPSA) is 45.3 Å². The van der Waals surface area contributed by atoms with Crippen molar-refractivity contribution in [1.82, 2.24) is 9.88 Å². The van der Waals surface area contributed by atoms with Gasteiger partial charge in [-0.2, -0.15) is 0 Å². The lowest BCUT2D eigenvalue weighted by Crippen LogP contribution is -2.49. The van der Waals surface area contributed by atoms with E-state index in [1.807, 2.05) is 0 Å². The molecule has 1 aromatic carbocycles. The van der Waals surface area contributed by atoms with Crippen LogP contribution in [-0.2, 0) is 16.0 Å². The van der Waals surface area contributed by atoms with Crippen LogP contribution in [0.3, 0.4) is 0 Å². The summed E-state index contributed by atoms with van der Waals surface area (Å²) in [5.74, 6) is 1.35. The van der Waals surface area contributed by atoms with Gasteiger partial charge in [0.15, 0.2) is 0 Å². The molecule has 3 aliphatic rings. The number of para-hydroxylation sites is 1. The SMILES string of the molecule is COC(=O)C1=CC[C@@H](C)[C@@H]2CN3CCc4c([nH]c5ccccc45)[C@H]3C[C@H]12. The fourth-order valence-corrected chi connectivity index (χ4v) is 5.59. The number of hydrogen-bond donors (Lipinski definition) is 1. The van der Waals surface area contributed by atoms with Crippen LogP contribution in [0.15, 0.2) is 35.9 Å². The first kappa shape index (κ1) is 16.1. The van der Waals surface area contributed by atoms with Crippen molar-refractivity contribution in [2.45, 2.75) is 32.2 Å². The van der Waals surface area contributed by atoms with E-state index >= 15 is 0 Å². The number of carbonyl (C=O) groups excluding carboxylic acids is 1. The summed E-state index contributed by atoms with van der Waals surface area (Å²) in [6.45, 7) is 4.53. The Bertz CT molecular complexity index is 897. The van der Waals surface area contributed by atoms with Crippen LogP contribution in [-0.4, -0.2) is 36.1 Å². The van der Waals surface area contributed by atoms with Gasteiger partial charge >= 0.3 is 5.97 Å². The van der Waals surface area contributed by atoms with Crippen molar-refractivity contribution in [3.63, 3.8) is 0 Å². The normalized spacial score (nSPS) is 30.9. The highest BCUT2D eigenvalue weighted by molar-refractivity contribution is 5.89. The summed E-state index contributed by atoms with van der Waals surface area (Å²) in [6.07, 6.45) is 5.25. The Hall–Kier alpha value is -2.07. The van der Waals surface area contributed by atoms with Crippen molar-refractivity contribution in [1.29, 1.82) is 0 Å². The molecule has 2 aliphatic heterocycles. The molecule has 1 N–H and O–H groups in total. The quantitative estimate of drug-likeness (QED) is 0.795. The number of hydrogen-bond acceptors (Lipinski definition) is 3. The number of piperidine rings is 1. The first-order valence-corrected chi connectivity index (χ1v) is 9.79. The van der Waals surface area contributed by atoms with E-state index in [1.54, 1.807) is 0 Å². The summed E-state index contributed by atoms with van der Waals surface area (Å²) in [7, 11) is 1.50. The van der Waals surface area contributed by atoms with Gasteiger partial charge in [-0.3, -0.25) is 4.90 Å². The Morgan fingerprint density at radius 2 is 2.15 bits per heavy atom. The predicted octanol–water partition coefficient (Wildman–Crippen LogP) is 3.84. The number of nitrogens with one attached hydrogen (secondary N) is 1. The minimum Gasteiger partial charge on any atom is -0.466 e. The summed E-state index contributed by atoms with van der Waals surface area (Å²) >= 11 is 0. The van der Waals surface area contributed by atoms with Gasteiger partial charge in [-0.05, 0) is 48.6 Å². The molecule has 5 rings (SSSR count). The molecule has 136 valence electrons. The molecule has 26 heavy (non-hydrogen) atoms. The summed E-state index contributed by atoms with van der Waals surface area (Å²) < 4.78 is 5.10. The van der Waals surface area contributed by atoms with Crippen LogP contribution in [0.25, 0.3) is 10.9 Å². The molecule has 0 bridgehead atoms. The number of fused-ring (bicyclic) bond motifs is 6. The van der Waals surface area contributed by atoms with Gasteiger partial charge < -0.3 is 9.72 Å². The highest BCUT2D eigenvalue weighted by Gasteiger charge is 2.45. The van der Waals surface area contributed by atoms with E-state index in [4.69, 9.17) is 4.74 Å². The summed E-state index contributed by atoms with van der Waals surface area (Å²) in [5.41, 5.74) is 5.01. The third-order valence-corrected chi connectivity index (χ3v) is 6.97. The molecule has 1 aliphatic carbocycles. The zero-order valence-corrected chi connectivity index (χ0v) is 15.5. The molecule has 0 unspecified atom stereocenters. The molecular weight excluding hydrogens is 324 g/mol. The first-order chi connectivity index (χ1) is 12.7. The summed E-state index contributed by atoms with van der Waals surface area (Å²) in [6, 6.07) is 9.01. The standard InChI is InChI=1S/C22H26N2O2/c1-13-7-8-16(22(25)26-2)17-11-20-21-15(9-10-24(20)12-18(13)17)14-5-3-4-6-19(14)23-21/h3-6,8,13,17-18,20,23H,7,9-12H2,1-2H3/t13-,17-,18+,20-/m1/s1. The van der Waals surface area contributed by atoms with Gasteiger partial charge in [-0.25, -0.2) is 4.79 Å². The minimum absolute atomic E-state index is 0.131. The minimum atomic E-state index is -0.131. The second-order valence-electron chi connectivity index (χ2n) is 8.19. The third kappa shape index (κ3) is 2.28. The van der Waals surface area contributed by atoms with Crippen molar-refractivity contribution in [2.75, 3.05) is 20.2 Å². The Morgan fingerprint density at radius 3 is 3.00 bits per heavy atom. The van der Waals surface area contributed by atoms with E-state index < -0.39 is 0 Å². The predicted molar refractivity (Wildman–Crippen MR) is 102 cm³/mol. The van der Waals surface area contributed by atoms with Gasteiger partial charge in [0, 0.05) is 35.3 Å². The largest absolute Gasteiger partial charge is 0.466 e. The zero-order chi connectivity index (χ0) is 17.8. The van der Waals surface area contributed by atoms with Crippen LogP contribution in [0, 0.1) is 17.8 Å². The monoisotopic (exact) mass is 350 g/mol. The number of aromatic amines is 1. The number of aromatic nitrogens is 1. The molecule has 1 saturated heterocycles. The van der Waals surface area contributed by atoms with Crippen LogP contribution in [0.4, 0.5) is 0 Å². The lowest BCUT2D eigenvalue weighted by atomic mass is 9.66. The lowest BCUT2D eigenvalue weighted by Gasteiger charge is -2.49. The molecular formula is C22H26N2O2. The molecule has 1 fully saturated rings. The van der Waals surface area contributed by atoms with Gasteiger partial charge in [0.2, 0.25) is 0 Å². The van der Waals surface area contributed by atoms with Gasteiger partial charge in [-0.1, -0.05) is 31.2 Å². The van der Waals surface area contributed by atoms with Gasteiger partial charge in [0.1, 0.15) is 0 Å². The van der Waals surface area contributed by atoms with E-state index in [1.165, 1.54) is 29.3 Å². The Labute approximate surface area is 154 Å². The molecule has 0 saturated carbocycles. The molecule has 0 amide bonds. The third-order valence-electron chi connectivity index (χ3n) is 6.97. The lowest BCUT2D eigenvalue weighted by molar-refractivity contribution is -0.137. The van der Waals surface area contributed by atoms with Crippen LogP contribution in [0.5, 0.6) is 0 Å². The molecule has 3 heterocycles. The van der Waals surface area contributed by atoms with E-state index in [9.17, 15) is 4.79 Å². The Morgan fingerprint density at radius 1 is 1.31 bits per heavy atom. The van der Waals surface area contributed by atoms with Gasteiger partial charge in [-0.15, -0.1) is 0 Å². The average molecular weight is 350 g/mol. The second kappa shape index (κ2) is 5.98.